The summed E-state index contributed by atoms with van der Waals surface area (Å²) in [6.45, 7) is 6.14. The zero-order valence-corrected chi connectivity index (χ0v) is 14.5. The smallest absolute Gasteiger partial charge is 0.410 e. The topological polar surface area (TPSA) is 59.0 Å². The van der Waals surface area contributed by atoms with Crippen molar-refractivity contribution in [3.63, 3.8) is 0 Å². The molecule has 0 bridgehead atoms. The van der Waals surface area contributed by atoms with E-state index in [0.717, 1.165) is 12.8 Å². The molecule has 128 valence electrons. The molecule has 1 heterocycles. The standard InChI is InChI=1S/C17H24ClNO4/c1-17(2,3)23-16(21)19-10-6-8-13(19)14(20)11-22-15-9-5-4-7-12(15)18/h4-5,7,9,13-14,20H,6,8,10-11H2,1-3H3/t13-,14?/m0/s1. The van der Waals surface area contributed by atoms with Crippen molar-refractivity contribution >= 4 is 17.7 Å². The first-order valence-electron chi connectivity index (χ1n) is 7.83. The van der Waals surface area contributed by atoms with Gasteiger partial charge in [0.15, 0.2) is 0 Å². The van der Waals surface area contributed by atoms with Gasteiger partial charge in [-0.2, -0.15) is 0 Å². The minimum atomic E-state index is -0.790. The van der Waals surface area contributed by atoms with Gasteiger partial charge in [0.1, 0.15) is 24.1 Å². The van der Waals surface area contributed by atoms with Gasteiger partial charge in [-0.15, -0.1) is 0 Å². The van der Waals surface area contributed by atoms with Crippen LogP contribution >= 0.6 is 11.6 Å². The molecule has 0 saturated carbocycles. The second-order valence-electron chi connectivity index (χ2n) is 6.69. The molecule has 2 atom stereocenters. The van der Waals surface area contributed by atoms with Crippen molar-refractivity contribution in [1.29, 1.82) is 0 Å². The van der Waals surface area contributed by atoms with E-state index in [4.69, 9.17) is 21.1 Å². The van der Waals surface area contributed by atoms with E-state index < -0.39 is 17.8 Å². The van der Waals surface area contributed by atoms with Crippen molar-refractivity contribution < 1.29 is 19.4 Å². The van der Waals surface area contributed by atoms with E-state index in [2.05, 4.69) is 0 Å². The highest BCUT2D eigenvalue weighted by Crippen LogP contribution is 2.26. The maximum atomic E-state index is 12.2. The number of hydrogen-bond donors (Lipinski definition) is 1. The number of rotatable bonds is 4. The minimum absolute atomic E-state index is 0.0771. The van der Waals surface area contributed by atoms with Gasteiger partial charge < -0.3 is 19.5 Å². The molecule has 1 saturated heterocycles. The third-order valence-corrected chi connectivity index (χ3v) is 3.93. The molecule has 1 unspecified atom stereocenters. The normalized spacial score (nSPS) is 19.5. The van der Waals surface area contributed by atoms with Gasteiger partial charge in [-0.3, -0.25) is 0 Å². The molecular weight excluding hydrogens is 318 g/mol. The summed E-state index contributed by atoms with van der Waals surface area (Å²) in [5.74, 6) is 0.523. The van der Waals surface area contributed by atoms with Crippen LogP contribution in [0.1, 0.15) is 33.6 Å². The number of hydrogen-bond acceptors (Lipinski definition) is 4. The van der Waals surface area contributed by atoms with Crippen LogP contribution in [0.3, 0.4) is 0 Å². The molecule has 1 aromatic rings. The summed E-state index contributed by atoms with van der Waals surface area (Å²) in [5.41, 5.74) is -0.552. The van der Waals surface area contributed by atoms with Crippen molar-refractivity contribution in [2.75, 3.05) is 13.2 Å². The maximum absolute atomic E-state index is 12.2. The highest BCUT2D eigenvalue weighted by atomic mass is 35.5. The monoisotopic (exact) mass is 341 g/mol. The Morgan fingerprint density at radius 2 is 2.13 bits per heavy atom. The average Bonchev–Trinajstić information content (AvgIpc) is 2.94. The summed E-state index contributed by atoms with van der Waals surface area (Å²) in [4.78, 5) is 13.8. The molecule has 1 aliphatic rings. The van der Waals surface area contributed by atoms with E-state index in [1.165, 1.54) is 0 Å². The van der Waals surface area contributed by atoms with E-state index in [-0.39, 0.29) is 12.6 Å². The SMILES string of the molecule is CC(C)(C)OC(=O)N1CCC[C@H]1C(O)COc1ccccc1Cl. The lowest BCUT2D eigenvalue weighted by Gasteiger charge is -2.31. The first-order chi connectivity index (χ1) is 10.8. The molecule has 6 heteroatoms. The molecule has 23 heavy (non-hydrogen) atoms. The zero-order chi connectivity index (χ0) is 17.0. The van der Waals surface area contributed by atoms with Gasteiger partial charge in [0.2, 0.25) is 0 Å². The lowest BCUT2D eigenvalue weighted by atomic mass is 10.1. The summed E-state index contributed by atoms with van der Waals surface area (Å²) in [5, 5.41) is 10.9. The number of benzene rings is 1. The molecule has 0 radical (unpaired) electrons. The Hall–Kier alpha value is -1.46. The van der Waals surface area contributed by atoms with Crippen molar-refractivity contribution in [3.8, 4) is 5.75 Å². The van der Waals surface area contributed by atoms with Gasteiger partial charge in [-0.05, 0) is 45.7 Å². The van der Waals surface area contributed by atoms with Gasteiger partial charge in [0.25, 0.3) is 0 Å². The van der Waals surface area contributed by atoms with E-state index in [1.54, 1.807) is 17.0 Å². The van der Waals surface area contributed by atoms with Crippen LogP contribution in [0.4, 0.5) is 4.79 Å². The molecule has 1 aliphatic heterocycles. The maximum Gasteiger partial charge on any atom is 0.410 e. The highest BCUT2D eigenvalue weighted by molar-refractivity contribution is 6.32. The van der Waals surface area contributed by atoms with E-state index in [1.807, 2.05) is 32.9 Å². The summed E-state index contributed by atoms with van der Waals surface area (Å²) in [7, 11) is 0. The summed E-state index contributed by atoms with van der Waals surface area (Å²) < 4.78 is 11.0. The van der Waals surface area contributed by atoms with Gasteiger partial charge in [-0.25, -0.2) is 4.79 Å². The first kappa shape index (κ1) is 17.9. The number of amides is 1. The molecule has 5 nitrogen and oxygen atoms in total. The Morgan fingerprint density at radius 3 is 2.78 bits per heavy atom. The third kappa shape index (κ3) is 5.01. The molecule has 1 aromatic carbocycles. The Balaban J connectivity index is 1.94. The summed E-state index contributed by atoms with van der Waals surface area (Å²) in [6.07, 6.45) is 0.386. The number of carbonyl (C=O) groups is 1. The lowest BCUT2D eigenvalue weighted by molar-refractivity contribution is -0.00352. The van der Waals surface area contributed by atoms with Gasteiger partial charge >= 0.3 is 6.09 Å². The largest absolute Gasteiger partial charge is 0.489 e. The zero-order valence-electron chi connectivity index (χ0n) is 13.8. The van der Waals surface area contributed by atoms with Gasteiger partial charge in [0, 0.05) is 6.54 Å². The van der Waals surface area contributed by atoms with Crippen LogP contribution in [0.25, 0.3) is 0 Å². The fourth-order valence-corrected chi connectivity index (χ4v) is 2.78. The molecular formula is C17H24ClNO4. The van der Waals surface area contributed by atoms with Crippen molar-refractivity contribution in [1.82, 2.24) is 4.90 Å². The van der Waals surface area contributed by atoms with E-state index in [9.17, 15) is 9.90 Å². The van der Waals surface area contributed by atoms with E-state index >= 15 is 0 Å². The fraction of sp³-hybridized carbons (Fsp3) is 0.588. The number of likely N-dealkylation sites (tertiary alicyclic amines) is 1. The van der Waals surface area contributed by atoms with Crippen LogP contribution in [0.5, 0.6) is 5.75 Å². The quantitative estimate of drug-likeness (QED) is 0.910. The molecule has 0 aliphatic carbocycles. The predicted octanol–water partition coefficient (Wildman–Crippen LogP) is 3.48. The van der Waals surface area contributed by atoms with Crippen LogP contribution in [0, 0.1) is 0 Å². The molecule has 0 spiro atoms. The second-order valence-corrected chi connectivity index (χ2v) is 7.10. The number of aliphatic hydroxyl groups excluding tert-OH is 1. The number of nitrogens with zero attached hydrogens (tertiary/aromatic N) is 1. The highest BCUT2D eigenvalue weighted by Gasteiger charge is 2.36. The average molecular weight is 342 g/mol. The molecule has 0 aromatic heterocycles. The van der Waals surface area contributed by atoms with Gasteiger partial charge in [0.05, 0.1) is 11.1 Å². The molecule has 1 N–H and O–H groups in total. The molecule has 2 rings (SSSR count). The van der Waals surface area contributed by atoms with Crippen molar-refractivity contribution in [2.24, 2.45) is 0 Å². The van der Waals surface area contributed by atoms with Crippen LogP contribution < -0.4 is 4.74 Å². The number of carbonyl (C=O) groups excluding carboxylic acids is 1. The van der Waals surface area contributed by atoms with Crippen molar-refractivity contribution in [2.45, 2.75) is 51.4 Å². The van der Waals surface area contributed by atoms with Crippen LogP contribution in [0.15, 0.2) is 24.3 Å². The predicted molar refractivity (Wildman–Crippen MR) is 88.9 cm³/mol. The van der Waals surface area contributed by atoms with Gasteiger partial charge in [-0.1, -0.05) is 23.7 Å². The summed E-state index contributed by atoms with van der Waals surface area (Å²) in [6, 6.07) is 6.80. The Kier molecular flexibility index (Phi) is 5.76. The second kappa shape index (κ2) is 7.41. The number of ether oxygens (including phenoxy) is 2. The Labute approximate surface area is 142 Å². The third-order valence-electron chi connectivity index (χ3n) is 3.62. The van der Waals surface area contributed by atoms with Crippen LogP contribution in [-0.2, 0) is 4.74 Å². The van der Waals surface area contributed by atoms with Crippen LogP contribution in [-0.4, -0.2) is 47.0 Å². The number of aliphatic hydroxyl groups is 1. The fourth-order valence-electron chi connectivity index (χ4n) is 2.59. The Morgan fingerprint density at radius 1 is 1.43 bits per heavy atom. The number of para-hydroxylation sites is 1. The molecule has 1 amide bonds. The molecule has 1 fully saturated rings. The minimum Gasteiger partial charge on any atom is -0.489 e. The number of halogens is 1. The van der Waals surface area contributed by atoms with Crippen molar-refractivity contribution in [3.05, 3.63) is 29.3 Å². The lowest BCUT2D eigenvalue weighted by Crippen LogP contribution is -2.46. The van der Waals surface area contributed by atoms with E-state index in [0.29, 0.717) is 17.3 Å². The van der Waals surface area contributed by atoms with Crippen LogP contribution in [0.2, 0.25) is 5.02 Å². The Bertz CT molecular complexity index is 544. The summed E-state index contributed by atoms with van der Waals surface area (Å²) >= 11 is 6.03. The first-order valence-corrected chi connectivity index (χ1v) is 8.21.